The van der Waals surface area contributed by atoms with E-state index in [1.807, 2.05) is 13.0 Å². The Morgan fingerprint density at radius 1 is 1.33 bits per heavy atom. The van der Waals surface area contributed by atoms with Gasteiger partial charge in [0.15, 0.2) is 0 Å². The molecule has 0 aromatic heterocycles. The summed E-state index contributed by atoms with van der Waals surface area (Å²) in [5.41, 5.74) is 1.83. The third-order valence-electron chi connectivity index (χ3n) is 4.96. The molecule has 1 aliphatic rings. The average Bonchev–Trinajstić information content (AvgIpc) is 2.46. The highest BCUT2D eigenvalue weighted by Crippen LogP contribution is 2.30. The minimum Gasteiger partial charge on any atom is -0.363 e. The Kier molecular flexibility index (Phi) is 5.26. The number of benzene rings is 1. The molecule has 3 unspecified atom stereocenters. The van der Waals surface area contributed by atoms with Gasteiger partial charge in [0.05, 0.1) is 5.69 Å². The maximum atomic E-state index is 14.4. The largest absolute Gasteiger partial charge is 0.363 e. The van der Waals surface area contributed by atoms with E-state index in [1.165, 1.54) is 0 Å². The van der Waals surface area contributed by atoms with Gasteiger partial charge in [0, 0.05) is 25.2 Å². The van der Waals surface area contributed by atoms with E-state index in [9.17, 15) is 4.39 Å². The van der Waals surface area contributed by atoms with Crippen LogP contribution in [0.25, 0.3) is 0 Å². The summed E-state index contributed by atoms with van der Waals surface area (Å²) in [5.74, 6) is 1.01. The van der Waals surface area contributed by atoms with E-state index in [-0.39, 0.29) is 5.82 Å². The molecule has 21 heavy (non-hydrogen) atoms. The van der Waals surface area contributed by atoms with E-state index >= 15 is 0 Å². The standard InChI is InChI=1S/C18H29FN2/c1-6-13(4)16-11-21(17(10-20-16)12(2)3)18-14(5)8-7-9-15(18)19/h7-9,12-13,16-17,20H,6,10-11H2,1-5H3. The van der Waals surface area contributed by atoms with Crippen molar-refractivity contribution in [2.75, 3.05) is 18.0 Å². The molecule has 1 heterocycles. The zero-order chi connectivity index (χ0) is 15.6. The Labute approximate surface area is 128 Å². The minimum atomic E-state index is -0.0922. The molecule has 0 spiro atoms. The fourth-order valence-electron chi connectivity index (χ4n) is 3.30. The molecule has 3 heteroatoms. The molecule has 3 atom stereocenters. The number of halogens is 1. The van der Waals surface area contributed by atoms with Crippen LogP contribution in [0.15, 0.2) is 18.2 Å². The van der Waals surface area contributed by atoms with Gasteiger partial charge in [0.1, 0.15) is 5.82 Å². The summed E-state index contributed by atoms with van der Waals surface area (Å²) in [6.45, 7) is 12.8. The van der Waals surface area contributed by atoms with Crippen molar-refractivity contribution in [1.82, 2.24) is 5.32 Å². The molecular weight excluding hydrogens is 263 g/mol. The summed E-state index contributed by atoms with van der Waals surface area (Å²) in [4.78, 5) is 2.31. The van der Waals surface area contributed by atoms with Crippen LogP contribution in [0.1, 0.15) is 39.7 Å². The second-order valence-corrected chi connectivity index (χ2v) is 6.77. The number of aryl methyl sites for hydroxylation is 1. The van der Waals surface area contributed by atoms with Gasteiger partial charge in [0.2, 0.25) is 0 Å². The molecule has 118 valence electrons. The Morgan fingerprint density at radius 3 is 2.62 bits per heavy atom. The van der Waals surface area contributed by atoms with Crippen molar-refractivity contribution in [3.05, 3.63) is 29.6 Å². The summed E-state index contributed by atoms with van der Waals surface area (Å²) in [5, 5.41) is 3.68. The molecule has 0 bridgehead atoms. The van der Waals surface area contributed by atoms with Gasteiger partial charge < -0.3 is 10.2 Å². The summed E-state index contributed by atoms with van der Waals surface area (Å²) in [6.07, 6.45) is 1.15. The Hall–Kier alpha value is -1.09. The lowest BCUT2D eigenvalue weighted by Gasteiger charge is -2.46. The van der Waals surface area contributed by atoms with Crippen LogP contribution in [-0.2, 0) is 0 Å². The van der Waals surface area contributed by atoms with Crippen LogP contribution in [0.4, 0.5) is 10.1 Å². The molecule has 1 aromatic rings. The predicted octanol–water partition coefficient (Wildman–Crippen LogP) is 3.98. The monoisotopic (exact) mass is 292 g/mol. The molecule has 0 amide bonds. The third kappa shape index (κ3) is 3.39. The number of hydrogen-bond acceptors (Lipinski definition) is 2. The highest BCUT2D eigenvalue weighted by Gasteiger charge is 2.33. The quantitative estimate of drug-likeness (QED) is 0.903. The number of rotatable bonds is 4. The Morgan fingerprint density at radius 2 is 2.05 bits per heavy atom. The maximum absolute atomic E-state index is 14.4. The third-order valence-corrected chi connectivity index (χ3v) is 4.96. The summed E-state index contributed by atoms with van der Waals surface area (Å²) in [7, 11) is 0. The molecule has 0 saturated carbocycles. The molecule has 1 aliphatic heterocycles. The zero-order valence-corrected chi connectivity index (χ0v) is 14.0. The zero-order valence-electron chi connectivity index (χ0n) is 14.0. The lowest BCUT2D eigenvalue weighted by atomic mass is 9.91. The normalized spacial score (nSPS) is 24.4. The van der Waals surface area contributed by atoms with Gasteiger partial charge in [-0.05, 0) is 30.4 Å². The highest BCUT2D eigenvalue weighted by atomic mass is 19.1. The first-order valence-corrected chi connectivity index (χ1v) is 8.20. The van der Waals surface area contributed by atoms with Crippen LogP contribution in [0, 0.1) is 24.6 Å². The van der Waals surface area contributed by atoms with Gasteiger partial charge >= 0.3 is 0 Å². The summed E-state index contributed by atoms with van der Waals surface area (Å²) in [6, 6.07) is 6.17. The van der Waals surface area contributed by atoms with Gasteiger partial charge in [-0.15, -0.1) is 0 Å². The van der Waals surface area contributed by atoms with E-state index in [1.54, 1.807) is 12.1 Å². The lowest BCUT2D eigenvalue weighted by molar-refractivity contribution is 0.279. The molecule has 1 aromatic carbocycles. The van der Waals surface area contributed by atoms with Gasteiger partial charge in [0.25, 0.3) is 0 Å². The first-order chi connectivity index (χ1) is 9.95. The van der Waals surface area contributed by atoms with E-state index in [2.05, 4.69) is 37.9 Å². The van der Waals surface area contributed by atoms with Crippen molar-refractivity contribution in [3.8, 4) is 0 Å². The van der Waals surface area contributed by atoms with Crippen LogP contribution in [-0.4, -0.2) is 25.2 Å². The fourth-order valence-corrected chi connectivity index (χ4v) is 3.30. The number of hydrogen-bond donors (Lipinski definition) is 1. The highest BCUT2D eigenvalue weighted by molar-refractivity contribution is 5.56. The summed E-state index contributed by atoms with van der Waals surface area (Å²) >= 11 is 0. The maximum Gasteiger partial charge on any atom is 0.146 e. The van der Waals surface area contributed by atoms with Crippen molar-refractivity contribution < 1.29 is 4.39 Å². The van der Waals surface area contributed by atoms with E-state index in [0.29, 0.717) is 23.9 Å². The number of piperazine rings is 1. The molecule has 1 saturated heterocycles. The van der Waals surface area contributed by atoms with Crippen LogP contribution >= 0.6 is 0 Å². The number of nitrogens with zero attached hydrogens (tertiary/aromatic N) is 1. The minimum absolute atomic E-state index is 0.0922. The van der Waals surface area contributed by atoms with Gasteiger partial charge in [-0.1, -0.05) is 46.2 Å². The van der Waals surface area contributed by atoms with E-state index < -0.39 is 0 Å². The predicted molar refractivity (Wildman–Crippen MR) is 88.4 cm³/mol. The second kappa shape index (κ2) is 6.78. The SMILES string of the molecule is CCC(C)C1CN(c2c(C)cccc2F)C(C(C)C)CN1. The van der Waals surface area contributed by atoms with Crippen LogP contribution in [0.3, 0.4) is 0 Å². The van der Waals surface area contributed by atoms with Crippen LogP contribution in [0.2, 0.25) is 0 Å². The molecule has 1 fully saturated rings. The van der Waals surface area contributed by atoms with Crippen molar-refractivity contribution in [3.63, 3.8) is 0 Å². The Balaban J connectivity index is 2.34. The van der Waals surface area contributed by atoms with Crippen LogP contribution in [0.5, 0.6) is 0 Å². The Bertz CT molecular complexity index is 452. The van der Waals surface area contributed by atoms with Crippen molar-refractivity contribution >= 4 is 5.69 Å². The molecule has 0 aliphatic carbocycles. The van der Waals surface area contributed by atoms with Crippen molar-refractivity contribution in [2.45, 2.75) is 53.1 Å². The lowest BCUT2D eigenvalue weighted by Crippen LogP contribution is -2.60. The number of nitrogens with one attached hydrogen (secondary N) is 1. The fraction of sp³-hybridized carbons (Fsp3) is 0.667. The smallest absolute Gasteiger partial charge is 0.146 e. The van der Waals surface area contributed by atoms with Gasteiger partial charge in [-0.2, -0.15) is 0 Å². The van der Waals surface area contributed by atoms with Crippen molar-refractivity contribution in [2.24, 2.45) is 11.8 Å². The first kappa shape index (κ1) is 16.3. The van der Waals surface area contributed by atoms with Crippen LogP contribution < -0.4 is 10.2 Å². The molecule has 1 N–H and O–H groups in total. The average molecular weight is 292 g/mol. The van der Waals surface area contributed by atoms with Crippen molar-refractivity contribution in [1.29, 1.82) is 0 Å². The number of anilines is 1. The summed E-state index contributed by atoms with van der Waals surface area (Å²) < 4.78 is 14.4. The first-order valence-electron chi connectivity index (χ1n) is 8.20. The second-order valence-electron chi connectivity index (χ2n) is 6.77. The molecule has 0 radical (unpaired) electrons. The van der Waals surface area contributed by atoms with E-state index in [4.69, 9.17) is 0 Å². The molecule has 2 nitrogen and oxygen atoms in total. The topological polar surface area (TPSA) is 15.3 Å². The van der Waals surface area contributed by atoms with E-state index in [0.717, 1.165) is 30.8 Å². The number of para-hydroxylation sites is 1. The molecule has 2 rings (SSSR count). The van der Waals surface area contributed by atoms with Gasteiger partial charge in [-0.25, -0.2) is 4.39 Å². The van der Waals surface area contributed by atoms with Gasteiger partial charge in [-0.3, -0.25) is 0 Å². The molecular formula is C18H29FN2.